The lowest BCUT2D eigenvalue weighted by Gasteiger charge is -2.13. The summed E-state index contributed by atoms with van der Waals surface area (Å²) in [6, 6.07) is 14.8. The summed E-state index contributed by atoms with van der Waals surface area (Å²) >= 11 is 0.896. The lowest BCUT2D eigenvalue weighted by molar-refractivity contribution is -0.380. The molecule has 0 fully saturated rings. The van der Waals surface area contributed by atoms with Crippen molar-refractivity contribution in [3.05, 3.63) is 81.2 Å². The van der Waals surface area contributed by atoms with Crippen molar-refractivity contribution in [1.82, 2.24) is 0 Å². The third-order valence-corrected chi connectivity index (χ3v) is 5.19. The molecule has 1 aromatic heterocycles. The molecule has 9 nitrogen and oxygen atoms in total. The van der Waals surface area contributed by atoms with E-state index in [9.17, 15) is 19.7 Å². The maximum atomic E-state index is 13.1. The fraction of sp³-hybridized carbons (Fsp3) is 0.0909. The van der Waals surface area contributed by atoms with Gasteiger partial charge >= 0.3 is 5.00 Å². The van der Waals surface area contributed by atoms with E-state index in [1.807, 2.05) is 0 Å². The smallest absolute Gasteiger partial charge is 0.324 e. The summed E-state index contributed by atoms with van der Waals surface area (Å²) in [7, 11) is 2.92. The number of anilines is 2. The van der Waals surface area contributed by atoms with Gasteiger partial charge in [-0.1, -0.05) is 35.6 Å². The Bertz CT molecular complexity index is 1120. The lowest BCUT2D eigenvalue weighted by atomic mass is 10.1. The molecular weight excluding hydrogens is 434 g/mol. The Labute approximate surface area is 187 Å². The number of nitrogens with zero attached hydrogens (tertiary/aromatic N) is 1. The molecular formula is C22H19N3O6S. The van der Waals surface area contributed by atoms with Crippen molar-refractivity contribution in [2.75, 3.05) is 24.9 Å². The first kappa shape index (κ1) is 22.5. The second kappa shape index (κ2) is 10.2. The fourth-order valence-electron chi connectivity index (χ4n) is 2.79. The molecule has 32 heavy (non-hydrogen) atoms. The van der Waals surface area contributed by atoms with Crippen LogP contribution in [0, 0.1) is 10.1 Å². The maximum absolute atomic E-state index is 13.1. The van der Waals surface area contributed by atoms with E-state index in [2.05, 4.69) is 10.6 Å². The van der Waals surface area contributed by atoms with Crippen LogP contribution >= 0.6 is 11.3 Å². The molecule has 0 saturated heterocycles. The number of nitrogens with one attached hydrogen (secondary N) is 2. The van der Waals surface area contributed by atoms with Gasteiger partial charge in [-0.3, -0.25) is 19.7 Å². The van der Waals surface area contributed by atoms with Crippen LogP contribution in [0.3, 0.4) is 0 Å². The Morgan fingerprint density at radius 1 is 0.938 bits per heavy atom. The topological polar surface area (TPSA) is 120 Å². The number of para-hydroxylation sites is 4. The molecule has 0 aliphatic heterocycles. The van der Waals surface area contributed by atoms with Gasteiger partial charge in [-0.2, -0.15) is 0 Å². The van der Waals surface area contributed by atoms with Gasteiger partial charge in [-0.05, 0) is 35.9 Å². The number of ether oxygens (including phenoxy) is 2. The molecule has 10 heteroatoms. The van der Waals surface area contributed by atoms with E-state index in [4.69, 9.17) is 9.47 Å². The first-order chi connectivity index (χ1) is 15.4. The summed E-state index contributed by atoms with van der Waals surface area (Å²) in [5, 5.41) is 17.7. The summed E-state index contributed by atoms with van der Waals surface area (Å²) in [5.41, 5.74) is 0.830. The van der Waals surface area contributed by atoms with Crippen LogP contribution in [0.4, 0.5) is 16.4 Å². The highest BCUT2D eigenvalue weighted by Gasteiger charge is 2.22. The minimum Gasteiger partial charge on any atom is -0.495 e. The molecule has 0 radical (unpaired) electrons. The number of hydrogen-bond acceptors (Lipinski definition) is 7. The molecule has 0 unspecified atom stereocenters. The van der Waals surface area contributed by atoms with Crippen molar-refractivity contribution in [3.8, 4) is 11.5 Å². The number of benzene rings is 2. The Morgan fingerprint density at radius 2 is 1.44 bits per heavy atom. The van der Waals surface area contributed by atoms with E-state index in [-0.39, 0.29) is 10.6 Å². The van der Waals surface area contributed by atoms with Crippen molar-refractivity contribution >= 4 is 45.6 Å². The van der Waals surface area contributed by atoms with Crippen LogP contribution in [0.25, 0.3) is 6.08 Å². The highest BCUT2D eigenvalue weighted by Crippen LogP contribution is 2.28. The highest BCUT2D eigenvalue weighted by molar-refractivity contribution is 7.13. The quantitative estimate of drug-likeness (QED) is 0.172. The van der Waals surface area contributed by atoms with Crippen LogP contribution < -0.4 is 20.1 Å². The summed E-state index contributed by atoms with van der Waals surface area (Å²) in [4.78, 5) is 36.6. The molecule has 1 heterocycles. The molecule has 0 aliphatic rings. The van der Waals surface area contributed by atoms with Gasteiger partial charge < -0.3 is 20.1 Å². The summed E-state index contributed by atoms with van der Waals surface area (Å²) in [5.74, 6) is -0.598. The monoisotopic (exact) mass is 453 g/mol. The second-order valence-corrected chi connectivity index (χ2v) is 7.23. The van der Waals surface area contributed by atoms with Crippen molar-refractivity contribution in [2.24, 2.45) is 0 Å². The van der Waals surface area contributed by atoms with Gasteiger partial charge in [0.25, 0.3) is 11.8 Å². The van der Waals surface area contributed by atoms with Crippen LogP contribution in [0.2, 0.25) is 0 Å². The zero-order valence-electron chi connectivity index (χ0n) is 17.2. The van der Waals surface area contributed by atoms with E-state index in [1.54, 1.807) is 48.5 Å². The average molecular weight is 453 g/mol. The van der Waals surface area contributed by atoms with Gasteiger partial charge in [0.1, 0.15) is 17.1 Å². The molecule has 0 spiro atoms. The normalized spacial score (nSPS) is 10.1. The molecule has 0 bridgehead atoms. The third-order valence-electron chi connectivity index (χ3n) is 4.30. The molecule has 2 aromatic carbocycles. The van der Waals surface area contributed by atoms with E-state index in [1.165, 1.54) is 31.7 Å². The first-order valence-corrected chi connectivity index (χ1v) is 10.1. The predicted octanol–water partition coefficient (Wildman–Crippen LogP) is 4.33. The number of rotatable bonds is 8. The minimum atomic E-state index is -0.712. The Hall–Kier alpha value is -4.18. The van der Waals surface area contributed by atoms with E-state index < -0.39 is 16.7 Å². The number of amides is 2. The zero-order valence-corrected chi connectivity index (χ0v) is 18.0. The average Bonchev–Trinajstić information content (AvgIpc) is 3.27. The lowest BCUT2D eigenvalue weighted by Crippen LogP contribution is -2.25. The highest BCUT2D eigenvalue weighted by atomic mass is 32.1. The van der Waals surface area contributed by atoms with Gasteiger partial charge in [-0.25, -0.2) is 0 Å². The number of carbonyl (C=O) groups excluding carboxylic acids is 2. The Morgan fingerprint density at radius 3 is 1.88 bits per heavy atom. The molecule has 2 N–H and O–H groups in total. The van der Waals surface area contributed by atoms with E-state index in [0.29, 0.717) is 28.4 Å². The SMILES string of the molecule is COc1ccccc1NC(=O)C(=Cc1csc([N+](=O)[O-])c1)C(=O)Nc1ccccc1OC. The number of methoxy groups -OCH3 is 2. The molecule has 3 aromatic rings. The van der Waals surface area contributed by atoms with Gasteiger partial charge in [0.15, 0.2) is 0 Å². The number of thiophene rings is 1. The van der Waals surface area contributed by atoms with Crippen LogP contribution in [0.1, 0.15) is 5.56 Å². The molecule has 2 amide bonds. The van der Waals surface area contributed by atoms with Crippen molar-refractivity contribution in [1.29, 1.82) is 0 Å². The molecule has 0 aliphatic carbocycles. The Balaban J connectivity index is 1.96. The van der Waals surface area contributed by atoms with Gasteiger partial charge in [0, 0.05) is 11.4 Å². The Kier molecular flexibility index (Phi) is 7.19. The number of carbonyl (C=O) groups is 2. The third kappa shape index (κ3) is 5.29. The molecule has 164 valence electrons. The standard InChI is InChI=1S/C22H19N3O6S/c1-30-18-9-5-3-7-16(18)23-21(26)15(11-14-12-20(25(28)29)32-13-14)22(27)24-17-8-4-6-10-19(17)31-2/h3-13H,1-2H3,(H,23,26)(H,24,27). The van der Waals surface area contributed by atoms with Crippen LogP contribution in [0.5, 0.6) is 11.5 Å². The van der Waals surface area contributed by atoms with Crippen LogP contribution in [0.15, 0.2) is 65.6 Å². The van der Waals surface area contributed by atoms with Gasteiger partial charge in [-0.15, -0.1) is 0 Å². The largest absolute Gasteiger partial charge is 0.495 e. The summed E-state index contributed by atoms with van der Waals surface area (Å²) < 4.78 is 10.5. The fourth-order valence-corrected chi connectivity index (χ4v) is 3.47. The summed E-state index contributed by atoms with van der Waals surface area (Å²) in [6.45, 7) is 0. The van der Waals surface area contributed by atoms with Crippen LogP contribution in [-0.4, -0.2) is 31.0 Å². The molecule has 0 atom stereocenters. The predicted molar refractivity (Wildman–Crippen MR) is 122 cm³/mol. The van der Waals surface area contributed by atoms with Crippen LogP contribution in [-0.2, 0) is 9.59 Å². The number of hydrogen-bond donors (Lipinski definition) is 2. The van der Waals surface area contributed by atoms with E-state index in [0.717, 1.165) is 11.3 Å². The number of nitro groups is 1. The van der Waals surface area contributed by atoms with E-state index >= 15 is 0 Å². The maximum Gasteiger partial charge on any atom is 0.324 e. The van der Waals surface area contributed by atoms with Gasteiger partial charge in [0.05, 0.1) is 30.5 Å². The van der Waals surface area contributed by atoms with Crippen molar-refractivity contribution in [3.63, 3.8) is 0 Å². The zero-order chi connectivity index (χ0) is 23.1. The minimum absolute atomic E-state index is 0.106. The summed E-state index contributed by atoms with van der Waals surface area (Å²) in [6.07, 6.45) is 1.29. The van der Waals surface area contributed by atoms with Gasteiger partial charge in [0.2, 0.25) is 0 Å². The van der Waals surface area contributed by atoms with Crippen molar-refractivity contribution in [2.45, 2.75) is 0 Å². The van der Waals surface area contributed by atoms with Crippen molar-refractivity contribution < 1.29 is 24.0 Å². The molecule has 0 saturated carbocycles. The second-order valence-electron chi connectivity index (χ2n) is 6.34. The first-order valence-electron chi connectivity index (χ1n) is 9.26. The molecule has 3 rings (SSSR count).